The molecule has 8 heteroatoms. The van der Waals surface area contributed by atoms with Crippen molar-refractivity contribution in [3.8, 4) is 0 Å². The Hall–Kier alpha value is -1.99. The maximum Gasteiger partial charge on any atom is 0.320 e. The van der Waals surface area contributed by atoms with Gasteiger partial charge in [-0.15, -0.1) is 0 Å². The minimum absolute atomic E-state index is 0.109. The molecule has 8 nitrogen and oxygen atoms in total. The molecule has 2 atom stereocenters. The standard InChI is InChI=1S/C8H12N4O4/c13-4(14)2-1-3-12-6-5(10-8(12)16)9-7(15)11-6/h5-6H,1-3H2,(H,10,16)(H,13,14)(H2,9,11,15)/p-1/t5-,6+/m1/s1. The Morgan fingerprint density at radius 1 is 1.31 bits per heavy atom. The van der Waals surface area contributed by atoms with Gasteiger partial charge in [0.1, 0.15) is 12.3 Å². The summed E-state index contributed by atoms with van der Waals surface area (Å²) in [5.74, 6) is -1.15. The number of nitrogens with one attached hydrogen (secondary N) is 3. The predicted molar refractivity (Wildman–Crippen MR) is 48.7 cm³/mol. The molecule has 0 aromatic heterocycles. The molecule has 2 fully saturated rings. The van der Waals surface area contributed by atoms with Gasteiger partial charge in [-0.2, -0.15) is 0 Å². The zero-order chi connectivity index (χ0) is 11.7. The van der Waals surface area contributed by atoms with Gasteiger partial charge >= 0.3 is 12.1 Å². The molecule has 4 amide bonds. The molecule has 0 unspecified atom stereocenters. The van der Waals surface area contributed by atoms with Gasteiger partial charge in [0, 0.05) is 12.5 Å². The Labute approximate surface area is 91.0 Å². The van der Waals surface area contributed by atoms with E-state index in [9.17, 15) is 19.5 Å². The Morgan fingerprint density at radius 3 is 2.75 bits per heavy atom. The monoisotopic (exact) mass is 227 g/mol. The van der Waals surface area contributed by atoms with E-state index in [1.165, 1.54) is 4.90 Å². The number of hydrogen-bond donors (Lipinski definition) is 3. The molecule has 2 rings (SSSR count). The van der Waals surface area contributed by atoms with Crippen molar-refractivity contribution in [2.75, 3.05) is 6.54 Å². The van der Waals surface area contributed by atoms with Crippen LogP contribution in [0.1, 0.15) is 12.8 Å². The van der Waals surface area contributed by atoms with Crippen molar-refractivity contribution >= 4 is 18.0 Å². The van der Waals surface area contributed by atoms with Gasteiger partial charge in [0.25, 0.3) is 0 Å². The van der Waals surface area contributed by atoms with Crippen LogP contribution in [0, 0.1) is 0 Å². The highest BCUT2D eigenvalue weighted by Gasteiger charge is 2.44. The van der Waals surface area contributed by atoms with E-state index in [2.05, 4.69) is 16.0 Å². The second-order valence-corrected chi connectivity index (χ2v) is 3.66. The number of carbonyl (C=O) groups is 3. The van der Waals surface area contributed by atoms with Crippen molar-refractivity contribution in [1.82, 2.24) is 20.9 Å². The summed E-state index contributed by atoms with van der Waals surface area (Å²) in [6.07, 6.45) is -0.693. The summed E-state index contributed by atoms with van der Waals surface area (Å²) in [5, 5.41) is 17.9. The quantitative estimate of drug-likeness (QED) is 0.493. The largest absolute Gasteiger partial charge is 0.550 e. The Bertz CT molecular complexity index is 345. The van der Waals surface area contributed by atoms with Crippen LogP contribution in [0.3, 0.4) is 0 Å². The third-order valence-electron chi connectivity index (χ3n) is 2.54. The van der Waals surface area contributed by atoms with Crippen LogP contribution in [0.25, 0.3) is 0 Å². The average molecular weight is 227 g/mol. The molecule has 0 aromatic rings. The summed E-state index contributed by atoms with van der Waals surface area (Å²) in [5.41, 5.74) is 0. The van der Waals surface area contributed by atoms with E-state index in [0.29, 0.717) is 6.42 Å². The van der Waals surface area contributed by atoms with Gasteiger partial charge < -0.3 is 30.8 Å². The SMILES string of the molecule is O=C([O-])CCCN1C(=O)N[C@H]2NC(=O)N[C@H]21. The van der Waals surface area contributed by atoms with E-state index in [1.807, 2.05) is 0 Å². The van der Waals surface area contributed by atoms with Gasteiger partial charge in [0.05, 0.1) is 0 Å². The fourth-order valence-corrected chi connectivity index (χ4v) is 1.83. The first-order valence-corrected chi connectivity index (χ1v) is 4.92. The second-order valence-electron chi connectivity index (χ2n) is 3.66. The second kappa shape index (κ2) is 3.87. The van der Waals surface area contributed by atoms with E-state index < -0.39 is 18.3 Å². The molecule has 0 aromatic carbocycles. The number of amides is 4. The fourth-order valence-electron chi connectivity index (χ4n) is 1.83. The highest BCUT2D eigenvalue weighted by molar-refractivity contribution is 5.84. The number of carboxylic acid groups (broad SMARTS) is 1. The number of carboxylic acids is 1. The predicted octanol–water partition coefficient (Wildman–Crippen LogP) is -2.49. The summed E-state index contributed by atoms with van der Waals surface area (Å²) < 4.78 is 0. The van der Waals surface area contributed by atoms with Gasteiger partial charge in [0.15, 0.2) is 0 Å². The normalized spacial score (nSPS) is 27.1. The van der Waals surface area contributed by atoms with Gasteiger partial charge in [0.2, 0.25) is 0 Å². The van der Waals surface area contributed by atoms with Crippen molar-refractivity contribution in [3.63, 3.8) is 0 Å². The summed E-state index contributed by atoms with van der Waals surface area (Å²) in [6, 6.07) is -0.666. The van der Waals surface area contributed by atoms with Crippen molar-refractivity contribution in [3.05, 3.63) is 0 Å². The lowest BCUT2D eigenvalue weighted by Gasteiger charge is -2.20. The first-order chi connectivity index (χ1) is 7.58. The minimum Gasteiger partial charge on any atom is -0.550 e. The van der Waals surface area contributed by atoms with Gasteiger partial charge in [-0.05, 0) is 12.8 Å². The number of aliphatic carboxylic acids is 1. The number of rotatable bonds is 4. The highest BCUT2D eigenvalue weighted by Crippen LogP contribution is 2.14. The van der Waals surface area contributed by atoms with Crippen LogP contribution in [0.4, 0.5) is 9.59 Å². The van der Waals surface area contributed by atoms with E-state index in [0.717, 1.165) is 0 Å². The minimum atomic E-state index is -1.15. The number of nitrogens with zero attached hydrogens (tertiary/aromatic N) is 1. The molecule has 88 valence electrons. The smallest absolute Gasteiger partial charge is 0.320 e. The molecule has 0 bridgehead atoms. The Kier molecular flexibility index (Phi) is 2.55. The van der Waals surface area contributed by atoms with Crippen LogP contribution in [0.2, 0.25) is 0 Å². The lowest BCUT2D eigenvalue weighted by molar-refractivity contribution is -0.305. The van der Waals surface area contributed by atoms with E-state index in [4.69, 9.17) is 0 Å². The van der Waals surface area contributed by atoms with Crippen molar-refractivity contribution in [2.24, 2.45) is 0 Å². The van der Waals surface area contributed by atoms with Crippen LogP contribution >= 0.6 is 0 Å². The van der Waals surface area contributed by atoms with Crippen LogP contribution in [0.5, 0.6) is 0 Å². The third kappa shape index (κ3) is 1.86. The van der Waals surface area contributed by atoms with Gasteiger partial charge in [-0.25, -0.2) is 9.59 Å². The lowest BCUT2D eigenvalue weighted by Crippen LogP contribution is -2.44. The number of carbonyl (C=O) groups excluding carboxylic acids is 3. The molecule has 0 saturated carbocycles. The molecule has 2 saturated heterocycles. The fraction of sp³-hybridized carbons (Fsp3) is 0.625. The number of hydrogen-bond acceptors (Lipinski definition) is 4. The molecule has 2 heterocycles. The molecule has 2 aliphatic heterocycles. The zero-order valence-corrected chi connectivity index (χ0v) is 8.36. The number of fused-ring (bicyclic) bond motifs is 1. The van der Waals surface area contributed by atoms with Crippen molar-refractivity contribution in [2.45, 2.75) is 25.2 Å². The van der Waals surface area contributed by atoms with Gasteiger partial charge in [-0.3, -0.25) is 0 Å². The summed E-state index contributed by atoms with van der Waals surface area (Å²) in [6.45, 7) is 0.267. The number of urea groups is 2. The summed E-state index contributed by atoms with van der Waals surface area (Å²) >= 11 is 0. The molecular formula is C8H11N4O4-. The van der Waals surface area contributed by atoms with E-state index in [-0.39, 0.29) is 25.0 Å². The zero-order valence-electron chi connectivity index (χ0n) is 8.36. The van der Waals surface area contributed by atoms with Crippen molar-refractivity contribution < 1.29 is 19.5 Å². The highest BCUT2D eigenvalue weighted by atomic mass is 16.4. The molecule has 2 aliphatic rings. The van der Waals surface area contributed by atoms with Crippen LogP contribution < -0.4 is 21.1 Å². The third-order valence-corrected chi connectivity index (χ3v) is 2.54. The topological polar surface area (TPSA) is 114 Å². The summed E-state index contributed by atoms with van der Waals surface area (Å²) in [4.78, 5) is 34.0. The molecule has 0 spiro atoms. The summed E-state index contributed by atoms with van der Waals surface area (Å²) in [7, 11) is 0. The van der Waals surface area contributed by atoms with Crippen LogP contribution in [-0.2, 0) is 4.79 Å². The van der Waals surface area contributed by atoms with E-state index >= 15 is 0 Å². The average Bonchev–Trinajstić information content (AvgIpc) is 2.64. The first kappa shape index (κ1) is 10.5. The molecule has 16 heavy (non-hydrogen) atoms. The van der Waals surface area contributed by atoms with Gasteiger partial charge in [-0.1, -0.05) is 0 Å². The maximum atomic E-state index is 11.4. The molecule has 0 radical (unpaired) electrons. The Morgan fingerprint density at radius 2 is 2.06 bits per heavy atom. The van der Waals surface area contributed by atoms with Crippen LogP contribution in [0.15, 0.2) is 0 Å². The molecule has 0 aliphatic carbocycles. The van der Waals surface area contributed by atoms with Crippen LogP contribution in [-0.4, -0.2) is 41.8 Å². The first-order valence-electron chi connectivity index (χ1n) is 4.92. The maximum absolute atomic E-state index is 11.4. The molecule has 3 N–H and O–H groups in total. The Balaban J connectivity index is 1.90. The lowest BCUT2D eigenvalue weighted by atomic mass is 10.3. The van der Waals surface area contributed by atoms with E-state index in [1.54, 1.807) is 0 Å². The molecular weight excluding hydrogens is 216 g/mol. The van der Waals surface area contributed by atoms with Crippen molar-refractivity contribution in [1.29, 1.82) is 0 Å².